The Balaban J connectivity index is 1.69. The topological polar surface area (TPSA) is 58.2 Å². The Hall–Kier alpha value is -2.00. The maximum atomic E-state index is 12.9. The van der Waals surface area contributed by atoms with Crippen molar-refractivity contribution in [2.45, 2.75) is 22.7 Å². The van der Waals surface area contributed by atoms with Gasteiger partial charge in [-0.25, -0.2) is 0 Å². The van der Waals surface area contributed by atoms with Crippen molar-refractivity contribution in [3.8, 4) is 0 Å². The molecule has 1 heterocycles. The molecule has 0 unspecified atom stereocenters. The van der Waals surface area contributed by atoms with E-state index in [1.807, 2.05) is 12.1 Å². The molecule has 1 atom stereocenters. The van der Waals surface area contributed by atoms with Crippen molar-refractivity contribution in [2.24, 2.45) is 0 Å². The van der Waals surface area contributed by atoms with Crippen molar-refractivity contribution in [1.29, 1.82) is 0 Å². The quantitative estimate of drug-likeness (QED) is 0.706. The summed E-state index contributed by atoms with van der Waals surface area (Å²) in [6.45, 7) is 0. The smallest absolute Gasteiger partial charge is 0.326 e. The second kappa shape index (κ2) is 7.32. The summed E-state index contributed by atoms with van der Waals surface area (Å²) in [4.78, 5) is 25.1. The summed E-state index contributed by atoms with van der Waals surface area (Å²) < 4.78 is 38.7. The average molecular weight is 445 g/mol. The summed E-state index contributed by atoms with van der Waals surface area (Å²) in [5.41, 5.74) is -0.178. The van der Waals surface area contributed by atoms with Gasteiger partial charge in [-0.15, -0.1) is 11.8 Å². The summed E-state index contributed by atoms with van der Waals surface area (Å²) >= 11 is 4.10. The van der Waals surface area contributed by atoms with Crippen LogP contribution in [0.4, 0.5) is 24.5 Å². The van der Waals surface area contributed by atoms with Crippen LogP contribution in [-0.4, -0.2) is 17.1 Å². The van der Waals surface area contributed by atoms with E-state index in [-0.39, 0.29) is 22.5 Å². The van der Waals surface area contributed by atoms with Gasteiger partial charge in [0.05, 0.1) is 16.5 Å². The number of rotatable bonds is 3. The van der Waals surface area contributed by atoms with Crippen molar-refractivity contribution in [2.75, 3.05) is 10.6 Å². The number of halogens is 4. The van der Waals surface area contributed by atoms with Crippen LogP contribution in [0.15, 0.2) is 51.8 Å². The molecule has 0 saturated carbocycles. The molecule has 1 aliphatic heterocycles. The second-order valence-electron chi connectivity index (χ2n) is 5.54. The van der Waals surface area contributed by atoms with Gasteiger partial charge in [0.25, 0.3) is 0 Å². The van der Waals surface area contributed by atoms with Crippen molar-refractivity contribution in [3.63, 3.8) is 0 Å². The molecule has 0 aromatic heterocycles. The molecule has 0 aliphatic carbocycles. The van der Waals surface area contributed by atoms with E-state index in [0.29, 0.717) is 5.69 Å². The van der Waals surface area contributed by atoms with E-state index in [0.717, 1.165) is 11.0 Å². The Morgan fingerprint density at radius 3 is 2.69 bits per heavy atom. The molecule has 9 heteroatoms. The van der Waals surface area contributed by atoms with Gasteiger partial charge >= 0.3 is 6.18 Å². The van der Waals surface area contributed by atoms with Crippen molar-refractivity contribution >= 4 is 50.9 Å². The molecule has 2 aromatic rings. The molecule has 0 fully saturated rings. The van der Waals surface area contributed by atoms with Crippen LogP contribution in [0.25, 0.3) is 0 Å². The number of hydrogen-bond donors (Lipinski definition) is 2. The van der Waals surface area contributed by atoms with E-state index in [2.05, 4.69) is 26.6 Å². The van der Waals surface area contributed by atoms with Crippen LogP contribution in [-0.2, 0) is 15.8 Å². The highest BCUT2D eigenvalue weighted by Gasteiger charge is 2.33. The van der Waals surface area contributed by atoms with Crippen LogP contribution < -0.4 is 10.6 Å². The molecule has 2 amide bonds. The molecule has 2 aromatic carbocycles. The fraction of sp³-hybridized carbons (Fsp3) is 0.176. The summed E-state index contributed by atoms with van der Waals surface area (Å²) in [5.74, 6) is -0.844. The lowest BCUT2D eigenvalue weighted by Crippen LogP contribution is -2.32. The molecule has 2 N–H and O–H groups in total. The zero-order chi connectivity index (χ0) is 18.9. The Kier molecular flexibility index (Phi) is 5.29. The number of carbonyl (C=O) groups excluding carboxylic acids is 2. The fourth-order valence-corrected chi connectivity index (χ4v) is 4.01. The van der Waals surface area contributed by atoms with Crippen LogP contribution in [0.3, 0.4) is 0 Å². The predicted octanol–water partition coefficient (Wildman–Crippen LogP) is 4.91. The summed E-state index contributed by atoms with van der Waals surface area (Å²) in [6, 6.07) is 10.6. The van der Waals surface area contributed by atoms with Gasteiger partial charge < -0.3 is 10.6 Å². The maximum absolute atomic E-state index is 12.9. The minimum Gasteiger partial charge on any atom is -0.326 e. The van der Waals surface area contributed by atoms with Gasteiger partial charge in [-0.1, -0.05) is 28.1 Å². The summed E-state index contributed by atoms with van der Waals surface area (Å²) in [7, 11) is 0. The van der Waals surface area contributed by atoms with Crippen molar-refractivity contribution in [1.82, 2.24) is 0 Å². The number of hydrogen-bond acceptors (Lipinski definition) is 3. The number of fused-ring (bicyclic) bond motifs is 1. The third-order valence-electron chi connectivity index (χ3n) is 3.63. The van der Waals surface area contributed by atoms with E-state index in [9.17, 15) is 22.8 Å². The molecule has 3 rings (SSSR count). The maximum Gasteiger partial charge on any atom is 0.417 e. The fourth-order valence-electron chi connectivity index (χ4n) is 2.43. The molecular weight excluding hydrogens is 433 g/mol. The Labute approximate surface area is 159 Å². The zero-order valence-electron chi connectivity index (χ0n) is 13.1. The molecular formula is C17H12BrF3N2O2S. The van der Waals surface area contributed by atoms with Crippen molar-refractivity contribution in [3.05, 3.63) is 52.5 Å². The standard InChI is InChI=1S/C17H12BrF3N2O2S/c18-11-6-5-9(7-10(11)17(19,20)21)22-15(24)8-14-16(25)23-12-3-1-2-4-13(12)26-14/h1-7,14H,8H2,(H,22,24)(H,23,25)/t14-/m0/s1. The molecule has 0 spiro atoms. The van der Waals surface area contributed by atoms with Gasteiger partial charge in [-0.3, -0.25) is 9.59 Å². The third-order valence-corrected chi connectivity index (χ3v) is 5.60. The van der Waals surface area contributed by atoms with Gasteiger partial charge in [0, 0.05) is 21.5 Å². The Morgan fingerprint density at radius 2 is 1.96 bits per heavy atom. The number of carbonyl (C=O) groups is 2. The average Bonchev–Trinajstić information content (AvgIpc) is 2.56. The highest BCUT2D eigenvalue weighted by Crippen LogP contribution is 2.38. The first-order valence-corrected chi connectivity index (χ1v) is 9.14. The normalized spacial score (nSPS) is 16.6. The highest BCUT2D eigenvalue weighted by molar-refractivity contribution is 9.10. The van der Waals surface area contributed by atoms with Crippen molar-refractivity contribution < 1.29 is 22.8 Å². The lowest BCUT2D eigenvalue weighted by atomic mass is 10.2. The molecule has 0 bridgehead atoms. The van der Waals surface area contributed by atoms with Crippen LogP contribution in [0.1, 0.15) is 12.0 Å². The van der Waals surface area contributed by atoms with Gasteiger partial charge in [0.15, 0.2) is 0 Å². The van der Waals surface area contributed by atoms with E-state index >= 15 is 0 Å². The minimum atomic E-state index is -4.54. The van der Waals surface area contributed by atoms with Gasteiger partial charge in [0.2, 0.25) is 11.8 Å². The number of anilines is 2. The zero-order valence-corrected chi connectivity index (χ0v) is 15.5. The molecule has 136 valence electrons. The van der Waals surface area contributed by atoms with Crippen LogP contribution in [0.2, 0.25) is 0 Å². The first kappa shape index (κ1) is 18.8. The largest absolute Gasteiger partial charge is 0.417 e. The van der Waals surface area contributed by atoms with Gasteiger partial charge in [-0.2, -0.15) is 13.2 Å². The minimum absolute atomic E-state index is 0.0205. The lowest BCUT2D eigenvalue weighted by Gasteiger charge is -2.23. The second-order valence-corrected chi connectivity index (χ2v) is 7.64. The molecule has 1 aliphatic rings. The van der Waals surface area contributed by atoms with Crippen LogP contribution in [0.5, 0.6) is 0 Å². The predicted molar refractivity (Wildman–Crippen MR) is 97.1 cm³/mol. The van der Waals surface area contributed by atoms with Crippen LogP contribution in [0, 0.1) is 0 Å². The van der Waals surface area contributed by atoms with E-state index < -0.39 is 22.9 Å². The number of thioether (sulfide) groups is 1. The summed E-state index contributed by atoms with van der Waals surface area (Å²) in [5, 5.41) is 4.49. The van der Waals surface area contributed by atoms with E-state index in [4.69, 9.17) is 0 Å². The highest BCUT2D eigenvalue weighted by atomic mass is 79.9. The number of para-hydroxylation sites is 1. The van der Waals surface area contributed by atoms with E-state index in [1.54, 1.807) is 12.1 Å². The Bertz CT molecular complexity index is 873. The number of alkyl halides is 3. The monoisotopic (exact) mass is 444 g/mol. The lowest BCUT2D eigenvalue weighted by molar-refractivity contribution is -0.138. The number of amides is 2. The third kappa shape index (κ3) is 4.21. The number of benzene rings is 2. The van der Waals surface area contributed by atoms with Gasteiger partial charge in [-0.05, 0) is 30.3 Å². The molecule has 0 radical (unpaired) electrons. The molecule has 26 heavy (non-hydrogen) atoms. The summed E-state index contributed by atoms with van der Waals surface area (Å²) in [6.07, 6.45) is -4.69. The first-order valence-electron chi connectivity index (χ1n) is 7.47. The molecule has 4 nitrogen and oxygen atoms in total. The number of nitrogens with one attached hydrogen (secondary N) is 2. The van der Waals surface area contributed by atoms with Gasteiger partial charge in [0.1, 0.15) is 0 Å². The Morgan fingerprint density at radius 1 is 1.23 bits per heavy atom. The molecule has 0 saturated heterocycles. The van der Waals surface area contributed by atoms with E-state index in [1.165, 1.54) is 23.9 Å². The van der Waals surface area contributed by atoms with Crippen LogP contribution >= 0.6 is 27.7 Å². The first-order chi connectivity index (χ1) is 12.2. The SMILES string of the molecule is O=C(C[C@@H]1Sc2ccccc2NC1=O)Nc1ccc(Br)c(C(F)(F)F)c1.